The van der Waals surface area contributed by atoms with Crippen LogP contribution in [0.5, 0.6) is 0 Å². The van der Waals surface area contributed by atoms with Gasteiger partial charge in [0.1, 0.15) is 0 Å². The van der Waals surface area contributed by atoms with Crippen molar-refractivity contribution in [2.24, 2.45) is 7.05 Å². The summed E-state index contributed by atoms with van der Waals surface area (Å²) in [6.07, 6.45) is 0.592. The predicted molar refractivity (Wildman–Crippen MR) is 106 cm³/mol. The van der Waals surface area contributed by atoms with Crippen LogP contribution >= 0.6 is 0 Å². The number of hydrogen-bond acceptors (Lipinski definition) is 6. The normalized spacial score (nSPS) is 17.6. The molecule has 1 atom stereocenters. The van der Waals surface area contributed by atoms with Crippen LogP contribution in [-0.2, 0) is 13.2 Å². The van der Waals surface area contributed by atoms with Crippen molar-refractivity contribution < 1.29 is 18.0 Å². The van der Waals surface area contributed by atoms with E-state index >= 15 is 0 Å². The number of carbonyl (C=O) groups is 1. The smallest absolute Gasteiger partial charge is 0.366 e. The van der Waals surface area contributed by atoms with Crippen molar-refractivity contribution >= 4 is 23.4 Å². The van der Waals surface area contributed by atoms with E-state index in [0.29, 0.717) is 23.9 Å². The van der Waals surface area contributed by atoms with Gasteiger partial charge in [-0.1, -0.05) is 0 Å². The Balaban J connectivity index is 1.54. The molecule has 2 bridgehead atoms. The molecule has 3 aromatic heterocycles. The Labute approximate surface area is 174 Å². The van der Waals surface area contributed by atoms with Crippen LogP contribution in [0.3, 0.4) is 0 Å². The SMILES string of the molecule is Cn1nc(C(F)(F)F)cc1-c1ccc2c(n1)N(C(=O)Nc1cnccn1)[C@H]1CCN2C1. The lowest BCUT2D eigenvalue weighted by Gasteiger charge is -2.35. The zero-order valence-electron chi connectivity index (χ0n) is 16.3. The van der Waals surface area contributed by atoms with Gasteiger partial charge in [0, 0.05) is 32.5 Å². The Morgan fingerprint density at radius 2 is 2.10 bits per heavy atom. The Morgan fingerprint density at radius 1 is 1.26 bits per heavy atom. The quantitative estimate of drug-likeness (QED) is 0.672. The first-order valence-corrected chi connectivity index (χ1v) is 9.55. The summed E-state index contributed by atoms with van der Waals surface area (Å²) in [5.74, 6) is 0.689. The Bertz CT molecular complexity index is 1150. The van der Waals surface area contributed by atoms with Crippen LogP contribution in [0.4, 0.5) is 35.3 Å². The van der Waals surface area contributed by atoms with E-state index in [4.69, 9.17) is 0 Å². The van der Waals surface area contributed by atoms with E-state index in [2.05, 4.69) is 30.3 Å². The van der Waals surface area contributed by atoms with Crippen molar-refractivity contribution in [1.82, 2.24) is 24.7 Å². The maximum Gasteiger partial charge on any atom is 0.435 e. The average molecular weight is 430 g/mol. The number of aromatic nitrogens is 5. The lowest BCUT2D eigenvalue weighted by atomic mass is 10.1. The number of fused-ring (bicyclic) bond motifs is 4. The van der Waals surface area contributed by atoms with Gasteiger partial charge in [0.2, 0.25) is 0 Å². The van der Waals surface area contributed by atoms with Gasteiger partial charge in [-0.3, -0.25) is 19.9 Å². The molecule has 1 fully saturated rings. The summed E-state index contributed by atoms with van der Waals surface area (Å²) in [4.78, 5) is 29.3. The number of rotatable bonds is 2. The van der Waals surface area contributed by atoms with Crippen LogP contribution in [0.15, 0.2) is 36.8 Å². The third-order valence-electron chi connectivity index (χ3n) is 5.40. The summed E-state index contributed by atoms with van der Waals surface area (Å²) < 4.78 is 40.4. The fourth-order valence-corrected chi connectivity index (χ4v) is 3.99. The Hall–Kier alpha value is -3.70. The number of aryl methyl sites for hydroxylation is 1. The molecular formula is C19H17F3N8O. The number of nitrogens with one attached hydrogen (secondary N) is 1. The van der Waals surface area contributed by atoms with E-state index < -0.39 is 17.9 Å². The first-order valence-electron chi connectivity index (χ1n) is 9.55. The average Bonchev–Trinajstić information content (AvgIpc) is 3.33. The molecule has 5 rings (SSSR count). The zero-order valence-corrected chi connectivity index (χ0v) is 16.3. The summed E-state index contributed by atoms with van der Waals surface area (Å²) in [7, 11) is 1.43. The van der Waals surface area contributed by atoms with E-state index in [1.54, 1.807) is 17.0 Å². The number of nitrogens with zero attached hydrogens (tertiary/aromatic N) is 7. The molecule has 0 unspecified atom stereocenters. The van der Waals surface area contributed by atoms with Gasteiger partial charge in [0.05, 0.1) is 29.3 Å². The van der Waals surface area contributed by atoms with Gasteiger partial charge in [-0.25, -0.2) is 14.8 Å². The van der Waals surface area contributed by atoms with Crippen LogP contribution in [0.1, 0.15) is 12.1 Å². The van der Waals surface area contributed by atoms with Crippen molar-refractivity contribution in [1.29, 1.82) is 0 Å². The largest absolute Gasteiger partial charge is 0.435 e. The number of halogens is 3. The molecule has 5 heterocycles. The number of urea groups is 1. The molecule has 1 saturated heterocycles. The fraction of sp³-hybridized carbons (Fsp3) is 0.316. The molecule has 31 heavy (non-hydrogen) atoms. The summed E-state index contributed by atoms with van der Waals surface area (Å²) in [5.41, 5.74) is 0.261. The number of amides is 2. The number of carbonyl (C=O) groups excluding carboxylic acids is 1. The molecule has 0 spiro atoms. The molecule has 3 aromatic rings. The molecule has 2 aliphatic heterocycles. The highest BCUT2D eigenvalue weighted by Gasteiger charge is 2.41. The minimum absolute atomic E-state index is 0.107. The summed E-state index contributed by atoms with van der Waals surface area (Å²) in [6.45, 7) is 1.42. The highest BCUT2D eigenvalue weighted by atomic mass is 19.4. The number of hydrogen-bond donors (Lipinski definition) is 1. The second-order valence-corrected chi connectivity index (χ2v) is 7.35. The van der Waals surface area contributed by atoms with Gasteiger partial charge in [0.15, 0.2) is 17.3 Å². The Kier molecular flexibility index (Phi) is 4.31. The number of anilines is 3. The summed E-state index contributed by atoms with van der Waals surface area (Å²) in [5, 5.41) is 6.27. The molecule has 160 valence electrons. The first kappa shape index (κ1) is 19.3. The second kappa shape index (κ2) is 6.93. The van der Waals surface area contributed by atoms with E-state index in [0.717, 1.165) is 29.4 Å². The molecule has 1 N–H and O–H groups in total. The van der Waals surface area contributed by atoms with Crippen molar-refractivity contribution in [2.75, 3.05) is 28.2 Å². The minimum Gasteiger partial charge on any atom is -0.366 e. The van der Waals surface area contributed by atoms with Crippen molar-refractivity contribution in [2.45, 2.75) is 18.6 Å². The number of pyridine rings is 1. The summed E-state index contributed by atoms with van der Waals surface area (Å²) in [6, 6.07) is 3.86. The van der Waals surface area contributed by atoms with E-state index in [-0.39, 0.29) is 11.7 Å². The predicted octanol–water partition coefficient (Wildman–Crippen LogP) is 2.92. The maximum atomic E-state index is 13.1. The standard InChI is InChI=1S/C19H17F3N8O/c1-28-14(8-15(27-28)19(20,21)22)12-2-3-13-17(25-12)30(11-4-7-29(13)10-11)18(31)26-16-9-23-5-6-24-16/h2-3,5-6,8-9,11H,4,7,10H2,1H3,(H,24,26,31)/t11-/m0/s1. The monoisotopic (exact) mass is 430 g/mol. The maximum absolute atomic E-state index is 13.1. The molecule has 0 saturated carbocycles. The highest BCUT2D eigenvalue weighted by Crippen LogP contribution is 2.40. The molecule has 9 nitrogen and oxygen atoms in total. The zero-order chi connectivity index (χ0) is 21.8. The molecule has 0 aromatic carbocycles. The van der Waals surface area contributed by atoms with Crippen LogP contribution in [0.25, 0.3) is 11.4 Å². The van der Waals surface area contributed by atoms with Gasteiger partial charge in [0.25, 0.3) is 0 Å². The summed E-state index contributed by atoms with van der Waals surface area (Å²) >= 11 is 0. The van der Waals surface area contributed by atoms with Crippen molar-refractivity contribution in [3.8, 4) is 11.4 Å². The lowest BCUT2D eigenvalue weighted by Crippen LogP contribution is -2.48. The van der Waals surface area contributed by atoms with Gasteiger partial charge in [-0.2, -0.15) is 18.3 Å². The van der Waals surface area contributed by atoms with Crippen molar-refractivity contribution in [3.63, 3.8) is 0 Å². The molecule has 12 heteroatoms. The van der Waals surface area contributed by atoms with E-state index in [9.17, 15) is 18.0 Å². The molecule has 0 aliphatic carbocycles. The molecular weight excluding hydrogens is 413 g/mol. The molecule has 0 radical (unpaired) electrons. The highest BCUT2D eigenvalue weighted by molar-refractivity contribution is 6.04. The van der Waals surface area contributed by atoms with Gasteiger partial charge < -0.3 is 4.90 Å². The Morgan fingerprint density at radius 3 is 2.81 bits per heavy atom. The van der Waals surface area contributed by atoms with Gasteiger partial charge in [-0.15, -0.1) is 0 Å². The lowest BCUT2D eigenvalue weighted by molar-refractivity contribution is -0.141. The van der Waals surface area contributed by atoms with Crippen LogP contribution in [0.2, 0.25) is 0 Å². The van der Waals surface area contributed by atoms with E-state index in [1.807, 2.05) is 0 Å². The van der Waals surface area contributed by atoms with Gasteiger partial charge in [-0.05, 0) is 24.6 Å². The van der Waals surface area contributed by atoms with E-state index in [1.165, 1.54) is 25.6 Å². The topological polar surface area (TPSA) is 92.1 Å². The molecule has 2 aliphatic rings. The van der Waals surface area contributed by atoms with Crippen LogP contribution < -0.4 is 15.1 Å². The molecule has 2 amide bonds. The fourth-order valence-electron chi connectivity index (χ4n) is 3.99. The van der Waals surface area contributed by atoms with Gasteiger partial charge >= 0.3 is 12.2 Å². The van der Waals surface area contributed by atoms with Crippen molar-refractivity contribution in [3.05, 3.63) is 42.5 Å². The third-order valence-corrected chi connectivity index (χ3v) is 5.40. The van der Waals surface area contributed by atoms with Crippen LogP contribution in [0, 0.1) is 0 Å². The van der Waals surface area contributed by atoms with Crippen LogP contribution in [-0.4, -0.2) is 49.9 Å². The minimum atomic E-state index is -4.56. The second-order valence-electron chi connectivity index (χ2n) is 7.35. The number of alkyl halides is 3. The third kappa shape index (κ3) is 3.33. The first-order chi connectivity index (χ1) is 14.8.